The fourth-order valence-corrected chi connectivity index (χ4v) is 8.95. The molecule has 2 aromatic heterocycles. The molecule has 2 aromatic rings. The highest BCUT2D eigenvalue weighted by molar-refractivity contribution is 6.79. The highest BCUT2D eigenvalue weighted by Gasteiger charge is 2.62. The molecule has 0 saturated carbocycles. The summed E-state index contributed by atoms with van der Waals surface area (Å²) in [5.41, 5.74) is 1.60. The van der Waals surface area contributed by atoms with Crippen LogP contribution in [0.25, 0.3) is 11.0 Å². The van der Waals surface area contributed by atoms with E-state index in [1.165, 1.54) is 6.33 Å². The number of ether oxygens (including phenoxy) is 1. The van der Waals surface area contributed by atoms with Gasteiger partial charge in [0.1, 0.15) is 24.0 Å². The van der Waals surface area contributed by atoms with Crippen molar-refractivity contribution in [1.82, 2.24) is 19.5 Å². The third-order valence-electron chi connectivity index (χ3n) is 10.7. The molecule has 3 rings (SSSR count). The van der Waals surface area contributed by atoms with Gasteiger partial charge in [-0.1, -0.05) is 75.4 Å². The van der Waals surface area contributed by atoms with Crippen LogP contribution in [-0.2, 0) is 8.85 Å². The Balaban J connectivity index is 2.21. The van der Waals surface area contributed by atoms with Crippen molar-refractivity contribution in [2.24, 2.45) is 0 Å². The molecule has 0 bridgehead atoms. The molecule has 1 aliphatic rings. The molecule has 1 saturated heterocycles. The van der Waals surface area contributed by atoms with Gasteiger partial charge in [-0.3, -0.25) is 5.32 Å². The van der Waals surface area contributed by atoms with E-state index in [9.17, 15) is 0 Å². The third kappa shape index (κ3) is 6.17. The number of rotatable bonds is 8. The first-order valence-electron chi connectivity index (χ1n) is 15.1. The predicted octanol–water partition coefficient (Wildman–Crippen LogP) is 8.35. The first-order chi connectivity index (χ1) is 18.7. The van der Waals surface area contributed by atoms with Crippen LogP contribution in [0.3, 0.4) is 0 Å². The number of nitrogens with one attached hydrogen (secondary N) is 1. The van der Waals surface area contributed by atoms with Gasteiger partial charge in [-0.2, -0.15) is 4.98 Å². The molecule has 12 heteroatoms. The number of alkyl halides is 2. The number of hydrogen-bond acceptors (Lipinski definition) is 6. The summed E-state index contributed by atoms with van der Waals surface area (Å²) in [4.78, 5) is 8.95. The maximum absolute atomic E-state index is 16.9. The van der Waals surface area contributed by atoms with E-state index < -0.39 is 49.0 Å². The summed E-state index contributed by atoms with van der Waals surface area (Å²) >= 11 is 0. The minimum atomic E-state index is -3.22. The van der Waals surface area contributed by atoms with Gasteiger partial charge in [-0.15, -0.1) is 0 Å². The molecule has 7 nitrogen and oxygen atoms in total. The van der Waals surface area contributed by atoms with Crippen molar-refractivity contribution < 1.29 is 22.4 Å². The molecule has 3 atom stereocenters. The van der Waals surface area contributed by atoms with Crippen LogP contribution in [0.1, 0.15) is 73.9 Å². The fraction of sp³-hybridized carbons (Fsp3) is 0.800. The third-order valence-corrected chi connectivity index (χ3v) is 24.9. The van der Waals surface area contributed by atoms with E-state index in [0.29, 0.717) is 22.5 Å². The van der Waals surface area contributed by atoms with Crippen LogP contribution in [0, 0.1) is 0 Å². The molecular formula is C30H56F2N4O3Si3. The number of halogens is 2. The van der Waals surface area contributed by atoms with Gasteiger partial charge in [-0.25, -0.2) is 13.8 Å². The lowest BCUT2D eigenvalue weighted by Gasteiger charge is -2.42. The van der Waals surface area contributed by atoms with Crippen molar-refractivity contribution >= 4 is 35.9 Å². The van der Waals surface area contributed by atoms with Crippen LogP contribution in [0.5, 0.6) is 5.88 Å². The van der Waals surface area contributed by atoms with Gasteiger partial charge in [0.05, 0.1) is 25.3 Å². The molecule has 1 N–H and O–H groups in total. The van der Waals surface area contributed by atoms with Gasteiger partial charge in [0, 0.05) is 11.8 Å². The maximum Gasteiger partial charge on any atom is 0.293 e. The summed E-state index contributed by atoms with van der Waals surface area (Å²) in [7, 11) is -5.50. The smallest absolute Gasteiger partial charge is 0.293 e. The Morgan fingerprint density at radius 1 is 0.881 bits per heavy atom. The lowest BCUT2D eigenvalue weighted by Crippen LogP contribution is -2.53. The summed E-state index contributed by atoms with van der Waals surface area (Å²) in [5, 5.41) is 2.97. The molecule has 3 heterocycles. The molecule has 0 unspecified atom stereocenters. The van der Waals surface area contributed by atoms with Gasteiger partial charge in [-0.05, 0) is 41.3 Å². The highest BCUT2D eigenvalue weighted by Crippen LogP contribution is 2.50. The molecule has 1 fully saturated rings. The zero-order chi connectivity index (χ0) is 32.5. The molecule has 240 valence electrons. The Hall–Kier alpha value is -1.19. The normalized spacial score (nSPS) is 22.7. The van der Waals surface area contributed by atoms with Crippen LogP contribution in [-0.4, -0.2) is 70.9 Å². The van der Waals surface area contributed by atoms with E-state index in [1.54, 1.807) is 7.11 Å². The van der Waals surface area contributed by atoms with Crippen molar-refractivity contribution in [1.29, 1.82) is 0 Å². The van der Waals surface area contributed by atoms with Crippen LogP contribution >= 0.6 is 0 Å². The Morgan fingerprint density at radius 2 is 1.43 bits per heavy atom. The zero-order valence-corrected chi connectivity index (χ0v) is 31.9. The largest absolute Gasteiger partial charge is 0.479 e. The van der Waals surface area contributed by atoms with Crippen molar-refractivity contribution in [3.05, 3.63) is 18.1 Å². The number of fused-ring (bicyclic) bond motifs is 1. The summed E-state index contributed by atoms with van der Waals surface area (Å²) in [6, 6.07) is -2.00. The fourth-order valence-electron chi connectivity index (χ4n) is 4.67. The zero-order valence-electron chi connectivity index (χ0n) is 28.9. The molecule has 0 radical (unpaired) electrons. The maximum atomic E-state index is 16.9. The lowest BCUT2D eigenvalue weighted by atomic mass is 10.0. The number of aromatic nitrogens is 3. The van der Waals surface area contributed by atoms with E-state index in [-0.39, 0.29) is 21.7 Å². The molecule has 42 heavy (non-hydrogen) atoms. The minimum Gasteiger partial charge on any atom is -0.479 e. The standard InChI is InChI=1S/C30H56F2N4O3Si3/c1-27(2,3)40(11,12)36-17-20(22-23(36)26(37-10)34-19-33-22)24-30(31,32)25(39-42(15,16)29(7,8)9)21(35-24)18-38-41(13,14)28(4,5)6/h17,19,21,24-25,35H,18H2,1-16H3/t21-,24+,25-/m1/s1. The lowest BCUT2D eigenvalue weighted by molar-refractivity contribution is -0.0966. The average Bonchev–Trinajstić information content (AvgIpc) is 3.31. The molecular weight excluding hydrogens is 587 g/mol. The second kappa shape index (κ2) is 11.0. The number of nitrogens with zero attached hydrogens (tertiary/aromatic N) is 3. The quantitative estimate of drug-likeness (QED) is 0.292. The van der Waals surface area contributed by atoms with Gasteiger partial charge in [0.25, 0.3) is 5.92 Å². The molecule has 0 aromatic carbocycles. The Labute approximate surface area is 255 Å². The SMILES string of the molecule is COc1ncnc2c([C@@H]3N[C@H](CO[Si](C)(C)C(C)(C)C)[C@@H](O[Si](C)(C)C(C)(C)C)C3(F)F)cn([Si](C)(C)C(C)(C)C)c12. The summed E-state index contributed by atoms with van der Waals surface area (Å²) in [6.45, 7) is 32.3. The number of methoxy groups -OCH3 is 1. The second-order valence-electron chi connectivity index (χ2n) is 16.6. The van der Waals surface area contributed by atoms with Gasteiger partial charge in [0.15, 0.2) is 24.9 Å². The Kier molecular flexibility index (Phi) is 9.25. The van der Waals surface area contributed by atoms with Crippen LogP contribution in [0.2, 0.25) is 54.4 Å². The van der Waals surface area contributed by atoms with E-state index in [0.717, 1.165) is 0 Å². The van der Waals surface area contributed by atoms with E-state index >= 15 is 8.78 Å². The second-order valence-corrected chi connectivity index (χ2v) is 31.3. The van der Waals surface area contributed by atoms with Gasteiger partial charge >= 0.3 is 0 Å². The van der Waals surface area contributed by atoms with Gasteiger partial charge in [0.2, 0.25) is 5.88 Å². The summed E-state index contributed by atoms with van der Waals surface area (Å²) in [6.07, 6.45) is 1.93. The van der Waals surface area contributed by atoms with E-state index in [1.807, 2.05) is 19.3 Å². The highest BCUT2D eigenvalue weighted by atomic mass is 28.4. The van der Waals surface area contributed by atoms with Crippen molar-refractivity contribution in [2.45, 2.75) is 141 Å². The monoisotopic (exact) mass is 642 g/mol. The van der Waals surface area contributed by atoms with E-state index in [4.69, 9.17) is 13.6 Å². The molecule has 1 aliphatic heterocycles. The van der Waals surface area contributed by atoms with Gasteiger partial charge < -0.3 is 17.8 Å². The summed E-state index contributed by atoms with van der Waals surface area (Å²) < 4.78 is 54.8. The summed E-state index contributed by atoms with van der Waals surface area (Å²) in [5.74, 6) is -2.83. The average molecular weight is 643 g/mol. The van der Waals surface area contributed by atoms with Crippen LogP contribution < -0.4 is 10.1 Å². The van der Waals surface area contributed by atoms with Crippen molar-refractivity contribution in [2.75, 3.05) is 13.7 Å². The number of hydrogen-bond donors (Lipinski definition) is 1. The van der Waals surface area contributed by atoms with Crippen molar-refractivity contribution in [3.8, 4) is 5.88 Å². The predicted molar refractivity (Wildman–Crippen MR) is 177 cm³/mol. The molecule has 0 aliphatic carbocycles. The Bertz CT molecular complexity index is 1280. The van der Waals surface area contributed by atoms with E-state index in [2.05, 4.69) is 108 Å². The topological polar surface area (TPSA) is 70.4 Å². The van der Waals surface area contributed by atoms with Crippen LogP contribution in [0.15, 0.2) is 12.5 Å². The van der Waals surface area contributed by atoms with Crippen LogP contribution in [0.4, 0.5) is 8.78 Å². The first-order valence-corrected chi connectivity index (χ1v) is 23.8. The minimum absolute atomic E-state index is 0.0482. The Morgan fingerprint density at radius 3 is 1.90 bits per heavy atom. The first kappa shape index (κ1) is 35.3. The molecule has 0 amide bonds. The van der Waals surface area contributed by atoms with Crippen molar-refractivity contribution in [3.63, 3.8) is 0 Å². The molecule has 0 spiro atoms.